The van der Waals surface area contributed by atoms with Crippen molar-refractivity contribution in [1.82, 2.24) is 0 Å². The number of oxime groups is 1. The number of benzene rings is 3. The molecule has 0 aliphatic rings. The maximum Gasteiger partial charge on any atom is 0.151 e. The molecule has 0 aliphatic heterocycles. The predicted molar refractivity (Wildman–Crippen MR) is 105 cm³/mol. The summed E-state index contributed by atoms with van der Waals surface area (Å²) < 4.78 is 5.61. The van der Waals surface area contributed by atoms with Crippen LogP contribution in [0.5, 0.6) is 5.75 Å². The van der Waals surface area contributed by atoms with E-state index in [1.54, 1.807) is 6.07 Å². The first kappa shape index (κ1) is 17.7. The van der Waals surface area contributed by atoms with Crippen LogP contribution in [0.25, 0.3) is 0 Å². The second-order valence-corrected chi connectivity index (χ2v) is 6.09. The van der Waals surface area contributed by atoms with Crippen LogP contribution in [0.2, 0.25) is 0 Å². The van der Waals surface area contributed by atoms with Crippen molar-refractivity contribution >= 4 is 5.71 Å². The highest BCUT2D eigenvalue weighted by Gasteiger charge is 2.08. The minimum atomic E-state index is 0.371. The molecule has 26 heavy (non-hydrogen) atoms. The number of ether oxygens (including phenoxy) is 1. The van der Waals surface area contributed by atoms with Crippen molar-refractivity contribution in [1.29, 1.82) is 0 Å². The Morgan fingerprint density at radius 1 is 0.846 bits per heavy atom. The summed E-state index contributed by atoms with van der Waals surface area (Å²) in [6.07, 6.45) is 0. The van der Waals surface area contributed by atoms with Gasteiger partial charge in [-0.25, -0.2) is 0 Å². The second kappa shape index (κ2) is 8.86. The standard InChI is InChI=1S/C23H22NO2/c1-18-8-12-20(13-9-18)23(21-14-10-19(2)11-15-21)24-26-17-16-25-22-6-4-3-5-7-22/h3-4,6-15H,16-17H2,1-2H3. The lowest BCUT2D eigenvalue weighted by atomic mass is 10.0. The largest absolute Gasteiger partial charge is 0.490 e. The molecule has 0 saturated heterocycles. The summed E-state index contributed by atoms with van der Waals surface area (Å²) >= 11 is 0. The highest BCUT2D eigenvalue weighted by atomic mass is 16.6. The Morgan fingerprint density at radius 3 is 2.00 bits per heavy atom. The molecule has 0 spiro atoms. The molecule has 0 saturated carbocycles. The SMILES string of the molecule is Cc1ccc(C(=NOCCOc2c[c]ccc2)c2ccc(C)cc2)cc1. The van der Waals surface area contributed by atoms with Crippen LogP contribution < -0.4 is 4.74 Å². The van der Waals surface area contributed by atoms with E-state index in [1.165, 1.54) is 11.1 Å². The Balaban J connectivity index is 1.69. The molecule has 3 nitrogen and oxygen atoms in total. The lowest BCUT2D eigenvalue weighted by Crippen LogP contribution is -2.08. The molecule has 0 unspecified atom stereocenters. The Kier molecular flexibility index (Phi) is 6.05. The van der Waals surface area contributed by atoms with E-state index in [1.807, 2.05) is 18.2 Å². The van der Waals surface area contributed by atoms with Crippen LogP contribution in [0, 0.1) is 19.9 Å². The van der Waals surface area contributed by atoms with Gasteiger partial charge in [0, 0.05) is 11.1 Å². The second-order valence-electron chi connectivity index (χ2n) is 6.09. The van der Waals surface area contributed by atoms with E-state index in [-0.39, 0.29) is 0 Å². The van der Waals surface area contributed by atoms with E-state index < -0.39 is 0 Å². The minimum absolute atomic E-state index is 0.371. The van der Waals surface area contributed by atoms with Crippen LogP contribution in [-0.2, 0) is 4.84 Å². The van der Waals surface area contributed by atoms with Crippen LogP contribution in [0.4, 0.5) is 0 Å². The van der Waals surface area contributed by atoms with Crippen LogP contribution in [0.1, 0.15) is 22.3 Å². The van der Waals surface area contributed by atoms with E-state index in [4.69, 9.17) is 9.57 Å². The number of hydrogen-bond donors (Lipinski definition) is 0. The number of hydrogen-bond acceptors (Lipinski definition) is 3. The Labute approximate surface area is 154 Å². The first-order chi connectivity index (χ1) is 12.7. The monoisotopic (exact) mass is 344 g/mol. The van der Waals surface area contributed by atoms with Crippen molar-refractivity contribution in [2.75, 3.05) is 13.2 Å². The summed E-state index contributed by atoms with van der Waals surface area (Å²) in [5, 5.41) is 4.38. The molecule has 0 heterocycles. The third-order valence-corrected chi connectivity index (χ3v) is 3.93. The Bertz CT molecular complexity index is 790. The van der Waals surface area contributed by atoms with Crippen molar-refractivity contribution in [2.24, 2.45) is 5.16 Å². The van der Waals surface area contributed by atoms with Gasteiger partial charge in [-0.05, 0) is 32.0 Å². The quantitative estimate of drug-likeness (QED) is 0.345. The van der Waals surface area contributed by atoms with Gasteiger partial charge in [-0.1, -0.05) is 76.9 Å². The van der Waals surface area contributed by atoms with Crippen LogP contribution in [0.15, 0.2) is 78.0 Å². The number of rotatable bonds is 7. The molecule has 131 valence electrons. The highest BCUT2D eigenvalue weighted by Crippen LogP contribution is 2.14. The van der Waals surface area contributed by atoms with E-state index in [0.29, 0.717) is 13.2 Å². The third kappa shape index (κ3) is 4.96. The van der Waals surface area contributed by atoms with Gasteiger partial charge in [-0.15, -0.1) is 0 Å². The molecule has 0 amide bonds. The Hall–Kier alpha value is -3.07. The fraction of sp³-hybridized carbons (Fsp3) is 0.174. The zero-order valence-electron chi connectivity index (χ0n) is 15.1. The number of aryl methyl sites for hydroxylation is 2. The van der Waals surface area contributed by atoms with Gasteiger partial charge in [0.05, 0.1) is 0 Å². The summed E-state index contributed by atoms with van der Waals surface area (Å²) in [4.78, 5) is 5.54. The lowest BCUT2D eigenvalue weighted by molar-refractivity contribution is 0.107. The smallest absolute Gasteiger partial charge is 0.151 e. The zero-order valence-corrected chi connectivity index (χ0v) is 15.1. The molecular weight excluding hydrogens is 322 g/mol. The average Bonchev–Trinajstić information content (AvgIpc) is 2.67. The van der Waals surface area contributed by atoms with Crippen molar-refractivity contribution in [2.45, 2.75) is 13.8 Å². The van der Waals surface area contributed by atoms with Crippen molar-refractivity contribution < 1.29 is 9.57 Å². The summed E-state index contributed by atoms with van der Waals surface area (Å²) in [5.74, 6) is 0.775. The molecule has 0 bridgehead atoms. The molecule has 0 atom stereocenters. The molecule has 0 N–H and O–H groups in total. The van der Waals surface area contributed by atoms with Gasteiger partial charge in [0.15, 0.2) is 6.61 Å². The topological polar surface area (TPSA) is 30.8 Å². The normalized spacial score (nSPS) is 10.2. The molecular formula is C23H22NO2. The molecule has 3 aromatic carbocycles. The van der Waals surface area contributed by atoms with E-state index >= 15 is 0 Å². The number of nitrogens with zero attached hydrogens (tertiary/aromatic N) is 1. The van der Waals surface area contributed by atoms with E-state index in [0.717, 1.165) is 22.6 Å². The molecule has 3 rings (SSSR count). The molecule has 0 aromatic heterocycles. The van der Waals surface area contributed by atoms with Crippen LogP contribution in [0.3, 0.4) is 0 Å². The highest BCUT2D eigenvalue weighted by molar-refractivity contribution is 6.12. The fourth-order valence-electron chi connectivity index (χ4n) is 2.47. The molecule has 0 fully saturated rings. The summed E-state index contributed by atoms with van der Waals surface area (Å²) in [5.41, 5.74) is 5.30. The van der Waals surface area contributed by atoms with Gasteiger partial charge in [-0.3, -0.25) is 0 Å². The maximum atomic E-state index is 5.61. The van der Waals surface area contributed by atoms with Gasteiger partial charge in [0.1, 0.15) is 18.1 Å². The Morgan fingerprint density at radius 2 is 1.46 bits per heavy atom. The molecule has 1 radical (unpaired) electrons. The maximum absolute atomic E-state index is 5.61. The van der Waals surface area contributed by atoms with Crippen molar-refractivity contribution in [3.63, 3.8) is 0 Å². The average molecular weight is 344 g/mol. The van der Waals surface area contributed by atoms with Gasteiger partial charge in [0.25, 0.3) is 0 Å². The van der Waals surface area contributed by atoms with Gasteiger partial charge >= 0.3 is 0 Å². The summed E-state index contributed by atoms with van der Waals surface area (Å²) in [6, 6.07) is 27.0. The van der Waals surface area contributed by atoms with Gasteiger partial charge < -0.3 is 9.57 Å². The van der Waals surface area contributed by atoms with E-state index in [2.05, 4.69) is 73.6 Å². The van der Waals surface area contributed by atoms with Crippen LogP contribution >= 0.6 is 0 Å². The van der Waals surface area contributed by atoms with Crippen molar-refractivity contribution in [3.8, 4) is 5.75 Å². The fourth-order valence-corrected chi connectivity index (χ4v) is 2.47. The molecule has 3 aromatic rings. The van der Waals surface area contributed by atoms with Gasteiger partial charge in [-0.2, -0.15) is 0 Å². The van der Waals surface area contributed by atoms with E-state index in [9.17, 15) is 0 Å². The first-order valence-electron chi connectivity index (χ1n) is 8.65. The zero-order chi connectivity index (χ0) is 18.2. The minimum Gasteiger partial charge on any atom is -0.490 e. The van der Waals surface area contributed by atoms with Gasteiger partial charge in [0.2, 0.25) is 0 Å². The van der Waals surface area contributed by atoms with Crippen LogP contribution in [-0.4, -0.2) is 18.9 Å². The first-order valence-corrected chi connectivity index (χ1v) is 8.65. The summed E-state index contributed by atoms with van der Waals surface area (Å²) in [6.45, 7) is 4.94. The lowest BCUT2D eigenvalue weighted by Gasteiger charge is -2.09. The molecule has 0 aliphatic carbocycles. The molecule has 3 heteroatoms. The third-order valence-electron chi connectivity index (χ3n) is 3.93. The summed E-state index contributed by atoms with van der Waals surface area (Å²) in [7, 11) is 0. The predicted octanol–water partition coefficient (Wildman–Crippen LogP) is 4.95. The van der Waals surface area contributed by atoms with Crippen molar-refractivity contribution in [3.05, 3.63) is 101 Å².